The minimum Gasteiger partial charge on any atom is -0.505 e. The number of rotatable bonds is 6. The molecule has 0 bridgehead atoms. The van der Waals surface area contributed by atoms with Gasteiger partial charge in [0.05, 0.1) is 0 Å². The zero-order valence-electron chi connectivity index (χ0n) is 20.1. The first kappa shape index (κ1) is 20.4. The first-order valence-electron chi connectivity index (χ1n) is 12.3. The monoisotopic (exact) mass is 492 g/mol. The lowest BCUT2D eigenvalue weighted by atomic mass is 9.97. The molecule has 0 unspecified atom stereocenters. The van der Waals surface area contributed by atoms with E-state index >= 15 is 0 Å². The van der Waals surface area contributed by atoms with Crippen molar-refractivity contribution in [1.29, 1.82) is 0 Å². The van der Waals surface area contributed by atoms with Gasteiger partial charge in [0.2, 0.25) is 0 Å². The molecule has 37 heavy (non-hydrogen) atoms. The maximum atomic E-state index is 11.4. The van der Waals surface area contributed by atoms with E-state index < -0.39 is 0 Å². The standard InChI is InChI=1S/C28H24N6O3/c1-17-12-19(27(36)25(13-17)33-29-21-6-2-3-7-22(21)30(29)33)16-20-14-18(10-11-35)15-26(28(20)37)34-31-23-8-4-5-9-24(23)32(31)34/h2-9,12-15,35-37H,10-11,16H2,1H3. The van der Waals surface area contributed by atoms with Crippen LogP contribution in [0.5, 0.6) is 11.5 Å². The molecule has 0 aliphatic rings. The molecule has 0 aliphatic carbocycles. The molecule has 8 aromatic rings. The maximum absolute atomic E-state index is 11.4. The molecular formula is C28H24N6O3. The van der Waals surface area contributed by atoms with Gasteiger partial charge in [-0.1, -0.05) is 36.4 Å². The van der Waals surface area contributed by atoms with Crippen LogP contribution in [0.15, 0.2) is 72.8 Å². The molecule has 184 valence electrons. The Balaban J connectivity index is 1.23. The fraction of sp³-hybridized carbons (Fsp3) is 0.143. The highest BCUT2D eigenvalue weighted by Gasteiger charge is 2.29. The van der Waals surface area contributed by atoms with E-state index in [9.17, 15) is 15.3 Å². The number of aliphatic hydroxyl groups excluding tert-OH is 1. The predicted molar refractivity (Wildman–Crippen MR) is 139 cm³/mol. The van der Waals surface area contributed by atoms with E-state index in [0.29, 0.717) is 29.8 Å². The van der Waals surface area contributed by atoms with Gasteiger partial charge in [0.25, 0.3) is 0 Å². The molecule has 4 aromatic heterocycles. The van der Waals surface area contributed by atoms with Crippen molar-refractivity contribution in [2.24, 2.45) is 0 Å². The van der Waals surface area contributed by atoms with Crippen LogP contribution in [0.3, 0.4) is 0 Å². The van der Waals surface area contributed by atoms with Gasteiger partial charge in [0.1, 0.15) is 44.9 Å². The Morgan fingerprint density at radius 3 is 1.57 bits per heavy atom. The second kappa shape index (κ2) is 6.92. The van der Waals surface area contributed by atoms with Crippen LogP contribution in [-0.4, -0.2) is 50.0 Å². The third kappa shape index (κ3) is 2.66. The molecule has 0 saturated carbocycles. The van der Waals surface area contributed by atoms with E-state index in [1.165, 1.54) is 0 Å². The number of nitrogens with zero attached hydrogens (tertiary/aromatic N) is 6. The molecule has 0 atom stereocenters. The molecule has 0 radical (unpaired) electrons. The van der Waals surface area contributed by atoms with Crippen molar-refractivity contribution >= 4 is 22.1 Å². The van der Waals surface area contributed by atoms with E-state index in [-0.39, 0.29) is 18.1 Å². The largest absolute Gasteiger partial charge is 0.505 e. The van der Waals surface area contributed by atoms with Crippen LogP contribution < -0.4 is 0 Å². The Morgan fingerprint density at radius 1 is 0.622 bits per heavy atom. The number of phenolic OH excluding ortho intramolecular Hbond substituents is 2. The lowest BCUT2D eigenvalue weighted by molar-refractivity contribution is 0.299. The van der Waals surface area contributed by atoms with Crippen LogP contribution in [0, 0.1) is 6.92 Å². The first-order valence-corrected chi connectivity index (χ1v) is 12.3. The number of aromatic nitrogens is 6. The third-order valence-corrected chi connectivity index (χ3v) is 7.39. The molecule has 0 saturated heterocycles. The highest BCUT2D eigenvalue weighted by atomic mass is 16.3. The van der Waals surface area contributed by atoms with Crippen LogP contribution in [0.1, 0.15) is 22.3 Å². The van der Waals surface area contributed by atoms with Gasteiger partial charge in [-0.25, -0.2) is 0 Å². The molecule has 0 fully saturated rings. The van der Waals surface area contributed by atoms with Crippen molar-refractivity contribution in [3.05, 3.63) is 95.1 Å². The number of hydrogen-bond acceptors (Lipinski definition) is 3. The molecular weight excluding hydrogens is 468 g/mol. The third-order valence-electron chi connectivity index (χ3n) is 7.39. The van der Waals surface area contributed by atoms with Crippen molar-refractivity contribution in [3.8, 4) is 22.9 Å². The first-order chi connectivity index (χ1) is 18.1. The summed E-state index contributed by atoms with van der Waals surface area (Å²) in [5.74, 6) is 0.349. The smallest absolute Gasteiger partial charge is 0.146 e. The summed E-state index contributed by atoms with van der Waals surface area (Å²) in [4.78, 5) is 3.88. The summed E-state index contributed by atoms with van der Waals surface area (Å²) in [6.07, 6.45) is 0.822. The zero-order valence-corrected chi connectivity index (χ0v) is 20.1. The van der Waals surface area contributed by atoms with Gasteiger partial charge in [-0.05, 0) is 60.9 Å². The number of benzene rings is 4. The molecule has 4 aromatic carbocycles. The molecule has 8 rings (SSSR count). The van der Waals surface area contributed by atoms with Crippen LogP contribution in [0.25, 0.3) is 33.4 Å². The number of fused-ring (bicyclic) bond motifs is 8. The molecule has 0 amide bonds. The topological polar surface area (TPSA) is 88.2 Å². The van der Waals surface area contributed by atoms with Crippen molar-refractivity contribution in [2.75, 3.05) is 6.61 Å². The van der Waals surface area contributed by atoms with E-state index in [4.69, 9.17) is 0 Å². The molecule has 4 heterocycles. The second-order valence-electron chi connectivity index (χ2n) is 9.78. The van der Waals surface area contributed by atoms with Gasteiger partial charge in [0.15, 0.2) is 0 Å². The number of aryl methyl sites for hydroxylation is 1. The highest BCUT2D eigenvalue weighted by Crippen LogP contribution is 2.38. The lowest BCUT2D eigenvalue weighted by Gasteiger charge is -2.13. The Hall–Kier alpha value is -4.76. The predicted octanol–water partition coefficient (Wildman–Crippen LogP) is 4.00. The summed E-state index contributed by atoms with van der Waals surface area (Å²) < 4.78 is 8.02. The van der Waals surface area contributed by atoms with Gasteiger partial charge in [0, 0.05) is 24.2 Å². The number of phenols is 2. The Morgan fingerprint density at radius 2 is 1.08 bits per heavy atom. The molecule has 3 N–H and O–H groups in total. The fourth-order valence-electron chi connectivity index (χ4n) is 5.62. The van der Waals surface area contributed by atoms with Crippen LogP contribution in [0.4, 0.5) is 0 Å². The van der Waals surface area contributed by atoms with Crippen molar-refractivity contribution in [1.82, 2.24) is 28.1 Å². The van der Waals surface area contributed by atoms with Gasteiger partial charge in [-0.15, -0.1) is 28.1 Å². The number of hydrogen-bond donors (Lipinski definition) is 3. The zero-order chi connectivity index (χ0) is 25.0. The van der Waals surface area contributed by atoms with Gasteiger partial charge in [-0.3, -0.25) is 0 Å². The maximum Gasteiger partial charge on any atom is 0.146 e. The van der Waals surface area contributed by atoms with Crippen LogP contribution in [0.2, 0.25) is 0 Å². The van der Waals surface area contributed by atoms with E-state index in [1.54, 1.807) is 0 Å². The van der Waals surface area contributed by atoms with Crippen molar-refractivity contribution < 1.29 is 15.3 Å². The van der Waals surface area contributed by atoms with E-state index in [2.05, 4.69) is 12.1 Å². The van der Waals surface area contributed by atoms with E-state index in [0.717, 1.165) is 38.8 Å². The Labute approximate surface area is 210 Å². The Kier molecular flexibility index (Phi) is 3.82. The summed E-state index contributed by atoms with van der Waals surface area (Å²) in [5.41, 5.74) is 9.08. The van der Waals surface area contributed by atoms with E-state index in [1.807, 2.05) is 95.7 Å². The SMILES string of the molecule is Cc1cc(Cc2cc(CCO)cc(-n3n4c5ccccc5n34)c2O)c(O)c(-n2n3c4ccccc4n23)c1. The number of aliphatic hydroxyl groups is 1. The van der Waals surface area contributed by atoms with Crippen LogP contribution in [-0.2, 0) is 12.8 Å². The second-order valence-corrected chi connectivity index (χ2v) is 9.78. The molecule has 9 nitrogen and oxygen atoms in total. The number of aromatic hydroxyl groups is 2. The van der Waals surface area contributed by atoms with Gasteiger partial charge < -0.3 is 15.3 Å². The normalized spacial score (nSPS) is 12.6. The molecule has 0 aliphatic heterocycles. The minimum atomic E-state index is 0.0122. The summed E-state index contributed by atoms with van der Waals surface area (Å²) in [6.45, 7) is 2.02. The van der Waals surface area contributed by atoms with Crippen molar-refractivity contribution in [2.45, 2.75) is 19.8 Å². The highest BCUT2D eigenvalue weighted by molar-refractivity contribution is 5.80. The number of para-hydroxylation sites is 4. The fourth-order valence-corrected chi connectivity index (χ4v) is 5.62. The summed E-state index contributed by atoms with van der Waals surface area (Å²) in [7, 11) is 0. The van der Waals surface area contributed by atoms with Crippen molar-refractivity contribution in [3.63, 3.8) is 0 Å². The van der Waals surface area contributed by atoms with Gasteiger partial charge in [-0.2, -0.15) is 0 Å². The molecule has 0 spiro atoms. The van der Waals surface area contributed by atoms with Crippen LogP contribution >= 0.6 is 0 Å². The quantitative estimate of drug-likeness (QED) is 0.328. The molecule has 9 heteroatoms. The summed E-state index contributed by atoms with van der Waals surface area (Å²) in [5, 5.41) is 32.4. The summed E-state index contributed by atoms with van der Waals surface area (Å²) >= 11 is 0. The van der Waals surface area contributed by atoms with Gasteiger partial charge >= 0.3 is 0 Å². The lowest BCUT2D eigenvalue weighted by Crippen LogP contribution is -2.01. The average molecular weight is 493 g/mol. The average Bonchev–Trinajstić information content (AvgIpc) is 3.75. The Bertz CT molecular complexity index is 1990. The summed E-state index contributed by atoms with van der Waals surface area (Å²) in [6, 6.07) is 23.9. The minimum absolute atomic E-state index is 0.0122.